The maximum atomic E-state index is 12.4. The van der Waals surface area contributed by atoms with E-state index in [1.54, 1.807) is 24.3 Å². The molecule has 2 aliphatic carbocycles. The van der Waals surface area contributed by atoms with E-state index in [9.17, 15) is 8.42 Å². The van der Waals surface area contributed by atoms with E-state index >= 15 is 0 Å². The lowest BCUT2D eigenvalue weighted by Crippen LogP contribution is -2.38. The van der Waals surface area contributed by atoms with Gasteiger partial charge in [0, 0.05) is 12.1 Å². The van der Waals surface area contributed by atoms with Crippen LogP contribution in [0, 0.1) is 11.8 Å². The van der Waals surface area contributed by atoms with Gasteiger partial charge in [-0.2, -0.15) is 0 Å². The molecule has 1 aromatic carbocycles. The molecule has 2 saturated carbocycles. The van der Waals surface area contributed by atoms with Crippen LogP contribution in [0.15, 0.2) is 29.2 Å². The van der Waals surface area contributed by atoms with Crippen LogP contribution in [0.2, 0.25) is 0 Å². The number of benzene rings is 1. The molecule has 110 valence electrons. The van der Waals surface area contributed by atoms with E-state index in [1.165, 1.54) is 0 Å². The van der Waals surface area contributed by atoms with Gasteiger partial charge in [-0.05, 0) is 62.1 Å². The van der Waals surface area contributed by atoms with Crippen LogP contribution < -0.4 is 10.5 Å². The summed E-state index contributed by atoms with van der Waals surface area (Å²) in [6.07, 6.45) is 4.64. The fourth-order valence-corrected chi connectivity index (χ4v) is 4.06. The third-order valence-electron chi connectivity index (χ3n) is 4.27. The third kappa shape index (κ3) is 3.05. The highest BCUT2D eigenvalue weighted by Crippen LogP contribution is 2.45. The number of hydrogen-bond acceptors (Lipinski definition) is 3. The van der Waals surface area contributed by atoms with Crippen molar-refractivity contribution in [1.82, 2.24) is 4.72 Å². The van der Waals surface area contributed by atoms with E-state index in [0.29, 0.717) is 16.7 Å². The normalized spacial score (nSPS) is 21.1. The van der Waals surface area contributed by atoms with Gasteiger partial charge < -0.3 is 5.73 Å². The Labute approximate surface area is 120 Å². The van der Waals surface area contributed by atoms with Crippen LogP contribution in [-0.4, -0.2) is 14.5 Å². The van der Waals surface area contributed by atoms with Gasteiger partial charge in [0.2, 0.25) is 10.0 Å². The highest BCUT2D eigenvalue weighted by molar-refractivity contribution is 7.89. The zero-order chi connectivity index (χ0) is 14.3. The number of nitrogens with two attached hydrogens (primary N) is 1. The van der Waals surface area contributed by atoms with Crippen molar-refractivity contribution >= 4 is 10.0 Å². The zero-order valence-electron chi connectivity index (χ0n) is 11.7. The van der Waals surface area contributed by atoms with Crippen LogP contribution in [0.1, 0.15) is 44.2 Å². The van der Waals surface area contributed by atoms with Gasteiger partial charge >= 0.3 is 0 Å². The number of nitrogens with one attached hydrogen (secondary N) is 1. The van der Waals surface area contributed by atoms with Gasteiger partial charge in [-0.3, -0.25) is 0 Å². The van der Waals surface area contributed by atoms with Crippen molar-refractivity contribution in [2.45, 2.75) is 49.6 Å². The molecular weight excluding hydrogens is 272 g/mol. The second kappa shape index (κ2) is 5.13. The summed E-state index contributed by atoms with van der Waals surface area (Å²) in [5, 5.41) is 0. The van der Waals surface area contributed by atoms with E-state index in [1.807, 2.05) is 6.92 Å². The van der Waals surface area contributed by atoms with Gasteiger partial charge in [-0.15, -0.1) is 0 Å². The van der Waals surface area contributed by atoms with E-state index in [-0.39, 0.29) is 12.1 Å². The molecule has 3 rings (SSSR count). The molecule has 5 heteroatoms. The fourth-order valence-electron chi connectivity index (χ4n) is 2.69. The third-order valence-corrected chi connectivity index (χ3v) is 5.74. The first-order valence-electron chi connectivity index (χ1n) is 7.35. The molecule has 2 aliphatic rings. The monoisotopic (exact) mass is 294 g/mol. The van der Waals surface area contributed by atoms with Gasteiger partial charge in [0.25, 0.3) is 0 Å². The topological polar surface area (TPSA) is 72.2 Å². The first kappa shape index (κ1) is 14.0. The molecule has 2 fully saturated rings. The molecular formula is C15H22N2O2S. The number of sulfonamides is 1. The molecule has 0 aromatic heterocycles. The Kier molecular flexibility index (Phi) is 3.60. The van der Waals surface area contributed by atoms with Crippen LogP contribution in [0.4, 0.5) is 0 Å². The zero-order valence-corrected chi connectivity index (χ0v) is 12.6. The predicted molar refractivity (Wildman–Crippen MR) is 78.6 cm³/mol. The average molecular weight is 294 g/mol. The summed E-state index contributed by atoms with van der Waals surface area (Å²) in [6.45, 7) is 1.89. The lowest BCUT2D eigenvalue weighted by molar-refractivity contribution is 0.471. The predicted octanol–water partition coefficient (Wildman–Crippen LogP) is 2.17. The van der Waals surface area contributed by atoms with Crippen molar-refractivity contribution < 1.29 is 8.42 Å². The maximum Gasteiger partial charge on any atom is 0.240 e. The summed E-state index contributed by atoms with van der Waals surface area (Å²) >= 11 is 0. The van der Waals surface area contributed by atoms with Crippen LogP contribution >= 0.6 is 0 Å². The Morgan fingerprint density at radius 3 is 2.00 bits per heavy atom. The Bertz CT molecular complexity index is 560. The van der Waals surface area contributed by atoms with Crippen LogP contribution in [0.25, 0.3) is 0 Å². The van der Waals surface area contributed by atoms with E-state index in [2.05, 4.69) is 4.72 Å². The second-order valence-corrected chi connectivity index (χ2v) is 7.89. The summed E-state index contributed by atoms with van der Waals surface area (Å²) in [6, 6.07) is 6.96. The molecule has 1 atom stereocenters. The largest absolute Gasteiger partial charge is 0.324 e. The molecule has 3 N–H and O–H groups in total. The highest BCUT2D eigenvalue weighted by Gasteiger charge is 2.43. The van der Waals surface area contributed by atoms with E-state index in [0.717, 1.165) is 31.2 Å². The quantitative estimate of drug-likeness (QED) is 0.844. The van der Waals surface area contributed by atoms with Gasteiger partial charge in [0.1, 0.15) is 0 Å². The molecule has 0 spiro atoms. The SMILES string of the molecule is CC(N)c1ccc(S(=O)(=O)NC(C2CC2)C2CC2)cc1. The molecule has 0 saturated heterocycles. The molecule has 0 bridgehead atoms. The van der Waals surface area contributed by atoms with Crippen LogP contribution in [0.3, 0.4) is 0 Å². The number of hydrogen-bond donors (Lipinski definition) is 2. The summed E-state index contributed by atoms with van der Waals surface area (Å²) in [7, 11) is -3.40. The molecule has 0 amide bonds. The van der Waals surface area contributed by atoms with Crippen molar-refractivity contribution in [3.63, 3.8) is 0 Å². The van der Waals surface area contributed by atoms with Crippen molar-refractivity contribution in [1.29, 1.82) is 0 Å². The molecule has 4 nitrogen and oxygen atoms in total. The Morgan fingerprint density at radius 1 is 1.10 bits per heavy atom. The lowest BCUT2D eigenvalue weighted by Gasteiger charge is -2.18. The summed E-state index contributed by atoms with van der Waals surface area (Å²) < 4.78 is 27.8. The Hall–Kier alpha value is -0.910. The first-order chi connectivity index (χ1) is 9.47. The van der Waals surface area contributed by atoms with Gasteiger partial charge in [-0.1, -0.05) is 12.1 Å². The molecule has 1 unspecified atom stereocenters. The Balaban J connectivity index is 1.76. The standard InChI is InChI=1S/C15H22N2O2S/c1-10(16)11-6-8-14(9-7-11)20(18,19)17-15(12-2-3-12)13-4-5-13/h6-10,12-13,15,17H,2-5,16H2,1H3. The smallest absolute Gasteiger partial charge is 0.240 e. The van der Waals surface area contributed by atoms with Crippen molar-refractivity contribution in [3.05, 3.63) is 29.8 Å². The maximum absolute atomic E-state index is 12.4. The molecule has 1 aromatic rings. The fraction of sp³-hybridized carbons (Fsp3) is 0.600. The highest BCUT2D eigenvalue weighted by atomic mass is 32.2. The second-order valence-electron chi connectivity index (χ2n) is 6.18. The van der Waals surface area contributed by atoms with E-state index < -0.39 is 10.0 Å². The Morgan fingerprint density at radius 2 is 1.60 bits per heavy atom. The van der Waals surface area contributed by atoms with Crippen molar-refractivity contribution in [2.75, 3.05) is 0 Å². The molecule has 0 aliphatic heterocycles. The van der Waals surface area contributed by atoms with Gasteiger partial charge in [0.15, 0.2) is 0 Å². The minimum Gasteiger partial charge on any atom is -0.324 e. The summed E-state index contributed by atoms with van der Waals surface area (Å²) in [4.78, 5) is 0.341. The van der Waals surface area contributed by atoms with Gasteiger partial charge in [0.05, 0.1) is 4.90 Å². The average Bonchev–Trinajstić information content (AvgIpc) is 3.29. The lowest BCUT2D eigenvalue weighted by atomic mass is 10.1. The molecule has 20 heavy (non-hydrogen) atoms. The summed E-state index contributed by atoms with van der Waals surface area (Å²) in [5.74, 6) is 1.11. The van der Waals surface area contributed by atoms with Crippen molar-refractivity contribution in [2.24, 2.45) is 17.6 Å². The summed E-state index contributed by atoms with van der Waals surface area (Å²) in [5.41, 5.74) is 6.73. The van der Waals surface area contributed by atoms with Crippen LogP contribution in [-0.2, 0) is 10.0 Å². The molecule has 0 heterocycles. The van der Waals surface area contributed by atoms with E-state index in [4.69, 9.17) is 5.73 Å². The van der Waals surface area contributed by atoms with Crippen LogP contribution in [0.5, 0.6) is 0 Å². The first-order valence-corrected chi connectivity index (χ1v) is 8.83. The minimum absolute atomic E-state index is 0.0783. The minimum atomic E-state index is -3.40. The van der Waals surface area contributed by atoms with Crippen molar-refractivity contribution in [3.8, 4) is 0 Å². The molecule has 0 radical (unpaired) electrons. The number of rotatable bonds is 6. The van der Waals surface area contributed by atoms with Gasteiger partial charge in [-0.25, -0.2) is 13.1 Å².